The molecule has 0 aromatic rings. The first-order valence-electron chi connectivity index (χ1n) is 1.63. The van der Waals surface area contributed by atoms with Gasteiger partial charge < -0.3 is 0 Å². The van der Waals surface area contributed by atoms with E-state index in [0.29, 0.717) is 0 Å². The first-order valence-corrected chi connectivity index (χ1v) is 1.63. The summed E-state index contributed by atoms with van der Waals surface area (Å²) in [4.78, 5) is 0. The fourth-order valence-electron chi connectivity index (χ4n) is 0. The molecular weight excluding hydrogens is 116 g/mol. The molecule has 0 aliphatic rings. The van der Waals surface area contributed by atoms with Crippen LogP contribution in [0.1, 0.15) is 13.3 Å². The summed E-state index contributed by atoms with van der Waals surface area (Å²) in [6.07, 6.45) is -4.69. The Balaban J connectivity index is 0. The Labute approximate surface area is 62.4 Å². The van der Waals surface area contributed by atoms with Gasteiger partial charge in [0.1, 0.15) is 0 Å². The van der Waals surface area contributed by atoms with Crippen LogP contribution in [0.5, 0.6) is 0 Å². The van der Waals surface area contributed by atoms with Crippen LogP contribution in [-0.4, -0.2) is 35.7 Å². The SMILES string of the molecule is CCC(F)(F)F.[NaH]. The van der Waals surface area contributed by atoms with Gasteiger partial charge in [-0.05, 0) is 0 Å². The van der Waals surface area contributed by atoms with Crippen molar-refractivity contribution < 1.29 is 13.2 Å². The molecule has 0 aliphatic carbocycles. The first kappa shape index (κ1) is 10.7. The van der Waals surface area contributed by atoms with Crippen molar-refractivity contribution in [2.75, 3.05) is 0 Å². The molecule has 0 nitrogen and oxygen atoms in total. The fourth-order valence-corrected chi connectivity index (χ4v) is 0. The Kier molecular flexibility index (Phi) is 5.74. The fraction of sp³-hybridized carbons (Fsp3) is 1.00. The van der Waals surface area contributed by atoms with Crippen molar-refractivity contribution in [3.8, 4) is 0 Å². The van der Waals surface area contributed by atoms with Gasteiger partial charge >= 0.3 is 35.7 Å². The van der Waals surface area contributed by atoms with E-state index in [1.54, 1.807) is 0 Å². The third kappa shape index (κ3) is 10.8. The zero-order chi connectivity index (χ0) is 5.21. The molecule has 0 heterocycles. The maximum absolute atomic E-state index is 10.8. The van der Waals surface area contributed by atoms with E-state index in [-0.39, 0.29) is 29.6 Å². The minimum absolute atomic E-state index is 0. The van der Waals surface area contributed by atoms with Gasteiger partial charge in [0.25, 0.3) is 0 Å². The average molecular weight is 122 g/mol. The van der Waals surface area contributed by atoms with Gasteiger partial charge in [0, 0.05) is 6.42 Å². The predicted octanol–water partition coefficient (Wildman–Crippen LogP) is 1.31. The normalized spacial score (nSPS) is 10.3. The number of halogens is 3. The van der Waals surface area contributed by atoms with Gasteiger partial charge in [-0.3, -0.25) is 0 Å². The molecule has 0 spiro atoms. The molecule has 0 aliphatic heterocycles. The molecule has 0 aromatic heterocycles. The number of hydrogen-bond acceptors (Lipinski definition) is 0. The molecule has 40 valence electrons. The molecule has 4 heteroatoms. The van der Waals surface area contributed by atoms with Crippen LogP contribution in [0, 0.1) is 0 Å². The van der Waals surface area contributed by atoms with Crippen molar-refractivity contribution in [1.29, 1.82) is 0 Å². The summed E-state index contributed by atoms with van der Waals surface area (Å²) in [5.41, 5.74) is 0. The van der Waals surface area contributed by atoms with Crippen molar-refractivity contribution in [2.24, 2.45) is 0 Å². The van der Waals surface area contributed by atoms with Gasteiger partial charge in [-0.2, -0.15) is 13.2 Å². The monoisotopic (exact) mass is 122 g/mol. The summed E-state index contributed by atoms with van der Waals surface area (Å²) in [5.74, 6) is 0. The Morgan fingerprint density at radius 1 is 1.29 bits per heavy atom. The molecule has 0 saturated heterocycles. The second kappa shape index (κ2) is 3.75. The maximum atomic E-state index is 10.8. The van der Waals surface area contributed by atoms with E-state index in [9.17, 15) is 13.2 Å². The van der Waals surface area contributed by atoms with Crippen LogP contribution in [0.15, 0.2) is 0 Å². The Bertz CT molecular complexity index is 39.9. The zero-order valence-electron chi connectivity index (χ0n) is 3.34. The van der Waals surface area contributed by atoms with E-state index in [2.05, 4.69) is 0 Å². The number of hydrogen-bond donors (Lipinski definition) is 0. The van der Waals surface area contributed by atoms with E-state index < -0.39 is 12.6 Å². The standard InChI is InChI=1S/C3H5F3.Na.H/c1-2-3(4,5)6;;/h2H2,1H3;;. The molecule has 0 rings (SSSR count). The zero-order valence-corrected chi connectivity index (χ0v) is 3.34. The molecule has 7 heavy (non-hydrogen) atoms. The third-order valence-electron chi connectivity index (χ3n) is 0.401. The second-order valence-electron chi connectivity index (χ2n) is 0.969. The van der Waals surface area contributed by atoms with Gasteiger partial charge in [-0.15, -0.1) is 0 Å². The van der Waals surface area contributed by atoms with Crippen molar-refractivity contribution in [1.82, 2.24) is 0 Å². The van der Waals surface area contributed by atoms with E-state index >= 15 is 0 Å². The van der Waals surface area contributed by atoms with Gasteiger partial charge in [0.15, 0.2) is 0 Å². The Morgan fingerprint density at radius 2 is 1.43 bits per heavy atom. The summed E-state index contributed by atoms with van der Waals surface area (Å²) < 4.78 is 32.4. The summed E-state index contributed by atoms with van der Waals surface area (Å²) >= 11 is 0. The minimum atomic E-state index is -3.96. The van der Waals surface area contributed by atoms with Crippen molar-refractivity contribution in [3.05, 3.63) is 0 Å². The molecule has 0 aromatic carbocycles. The van der Waals surface area contributed by atoms with Crippen molar-refractivity contribution in [3.63, 3.8) is 0 Å². The molecular formula is C3H6F3Na. The van der Waals surface area contributed by atoms with Gasteiger partial charge in [0.2, 0.25) is 0 Å². The van der Waals surface area contributed by atoms with Crippen LogP contribution in [0.2, 0.25) is 0 Å². The van der Waals surface area contributed by atoms with Crippen LogP contribution < -0.4 is 0 Å². The molecule has 0 N–H and O–H groups in total. The van der Waals surface area contributed by atoms with E-state index in [1.165, 1.54) is 0 Å². The van der Waals surface area contributed by atoms with E-state index in [0.717, 1.165) is 6.92 Å². The van der Waals surface area contributed by atoms with E-state index in [4.69, 9.17) is 0 Å². The van der Waals surface area contributed by atoms with Crippen molar-refractivity contribution in [2.45, 2.75) is 19.5 Å². The molecule has 0 fully saturated rings. The molecule has 0 atom stereocenters. The number of alkyl halides is 3. The summed E-state index contributed by atoms with van der Waals surface area (Å²) in [6.45, 7) is 1.08. The molecule has 0 bridgehead atoms. The third-order valence-corrected chi connectivity index (χ3v) is 0.401. The van der Waals surface area contributed by atoms with E-state index in [1.807, 2.05) is 0 Å². The molecule has 0 unspecified atom stereocenters. The quantitative estimate of drug-likeness (QED) is 0.425. The topological polar surface area (TPSA) is 0 Å². The summed E-state index contributed by atoms with van der Waals surface area (Å²) in [5, 5.41) is 0. The Hall–Kier alpha value is 0.790. The van der Waals surface area contributed by atoms with Crippen LogP contribution in [0.25, 0.3) is 0 Å². The van der Waals surface area contributed by atoms with Crippen LogP contribution in [-0.2, 0) is 0 Å². The Morgan fingerprint density at radius 3 is 1.43 bits per heavy atom. The van der Waals surface area contributed by atoms with Crippen LogP contribution >= 0.6 is 0 Å². The van der Waals surface area contributed by atoms with Crippen LogP contribution in [0.3, 0.4) is 0 Å². The summed E-state index contributed by atoms with van der Waals surface area (Å²) in [6, 6.07) is 0. The van der Waals surface area contributed by atoms with Crippen molar-refractivity contribution >= 4 is 29.6 Å². The van der Waals surface area contributed by atoms with Crippen LogP contribution in [0.4, 0.5) is 13.2 Å². The van der Waals surface area contributed by atoms with Gasteiger partial charge in [0.05, 0.1) is 0 Å². The molecule has 0 radical (unpaired) electrons. The predicted molar refractivity (Wildman–Crippen MR) is 23.5 cm³/mol. The molecule has 0 amide bonds. The summed E-state index contributed by atoms with van der Waals surface area (Å²) in [7, 11) is 0. The average Bonchev–Trinajstić information content (AvgIpc) is 1.35. The number of rotatable bonds is 0. The first-order chi connectivity index (χ1) is 2.56. The van der Waals surface area contributed by atoms with Gasteiger partial charge in [-0.25, -0.2) is 0 Å². The van der Waals surface area contributed by atoms with Gasteiger partial charge in [-0.1, -0.05) is 6.92 Å². The second-order valence-corrected chi connectivity index (χ2v) is 0.969. The molecule has 0 saturated carbocycles.